The summed E-state index contributed by atoms with van der Waals surface area (Å²) < 4.78 is 16.7. The summed E-state index contributed by atoms with van der Waals surface area (Å²) in [6.07, 6.45) is 67.2. The zero-order valence-electron chi connectivity index (χ0n) is 41.8. The van der Waals surface area contributed by atoms with Crippen LogP contribution >= 0.6 is 0 Å². The van der Waals surface area contributed by atoms with E-state index >= 15 is 0 Å². The highest BCUT2D eigenvalue weighted by Gasteiger charge is 2.19. The van der Waals surface area contributed by atoms with Gasteiger partial charge in [0.1, 0.15) is 13.2 Å². The highest BCUT2D eigenvalue weighted by atomic mass is 16.6. The maximum atomic E-state index is 12.8. The van der Waals surface area contributed by atoms with Crippen molar-refractivity contribution in [3.05, 3.63) is 85.1 Å². The molecule has 0 aromatic carbocycles. The molecule has 0 heterocycles. The van der Waals surface area contributed by atoms with E-state index in [0.717, 1.165) is 64.2 Å². The largest absolute Gasteiger partial charge is 0.462 e. The van der Waals surface area contributed by atoms with Crippen LogP contribution in [0.1, 0.15) is 245 Å². The van der Waals surface area contributed by atoms with Crippen molar-refractivity contribution in [1.82, 2.24) is 0 Å². The average molecular weight is 891 g/mol. The lowest BCUT2D eigenvalue weighted by Gasteiger charge is -2.18. The molecule has 1 unspecified atom stereocenters. The van der Waals surface area contributed by atoms with Crippen molar-refractivity contribution < 1.29 is 28.6 Å². The normalized spacial score (nSPS) is 12.7. The van der Waals surface area contributed by atoms with Gasteiger partial charge < -0.3 is 14.2 Å². The van der Waals surface area contributed by atoms with Crippen LogP contribution in [0.25, 0.3) is 0 Å². The minimum atomic E-state index is -0.807. The maximum absolute atomic E-state index is 12.8. The fourth-order valence-corrected chi connectivity index (χ4v) is 7.27. The average Bonchev–Trinajstić information content (AvgIpc) is 3.29. The van der Waals surface area contributed by atoms with Crippen LogP contribution in [0.4, 0.5) is 0 Å². The molecule has 1 atom stereocenters. The van der Waals surface area contributed by atoms with Crippen molar-refractivity contribution in [2.24, 2.45) is 0 Å². The fraction of sp³-hybridized carbons (Fsp3) is 0.707. The van der Waals surface area contributed by atoms with E-state index in [9.17, 15) is 14.4 Å². The second-order valence-corrected chi connectivity index (χ2v) is 17.5. The number of allylic oxidation sites excluding steroid dienone is 14. The van der Waals surface area contributed by atoms with Crippen molar-refractivity contribution in [2.75, 3.05) is 13.2 Å². The predicted octanol–water partition coefficient (Wildman–Crippen LogP) is 17.6. The van der Waals surface area contributed by atoms with Gasteiger partial charge in [-0.05, 0) is 64.2 Å². The van der Waals surface area contributed by atoms with Gasteiger partial charge in [-0.1, -0.05) is 247 Å². The zero-order chi connectivity index (χ0) is 46.5. The third kappa shape index (κ3) is 49.6. The molecule has 0 saturated heterocycles. The molecule has 0 aliphatic heterocycles. The number of carbonyl (C=O) groups is 3. The van der Waals surface area contributed by atoms with Crippen molar-refractivity contribution in [2.45, 2.75) is 252 Å². The molecule has 0 saturated carbocycles. The Morgan fingerprint density at radius 3 is 1.16 bits per heavy atom. The summed E-state index contributed by atoms with van der Waals surface area (Å²) in [6, 6.07) is 0. The molecule has 0 N–H and O–H groups in total. The van der Waals surface area contributed by atoms with Gasteiger partial charge in [-0.15, -0.1) is 0 Å². The van der Waals surface area contributed by atoms with Crippen LogP contribution in [-0.2, 0) is 28.6 Å². The molecule has 64 heavy (non-hydrogen) atoms. The Morgan fingerprint density at radius 1 is 0.344 bits per heavy atom. The van der Waals surface area contributed by atoms with Gasteiger partial charge in [0.25, 0.3) is 0 Å². The van der Waals surface area contributed by atoms with Gasteiger partial charge in [0.05, 0.1) is 0 Å². The van der Waals surface area contributed by atoms with Gasteiger partial charge in [0, 0.05) is 19.3 Å². The molecule has 0 radical (unpaired) electrons. The first kappa shape index (κ1) is 60.6. The van der Waals surface area contributed by atoms with E-state index in [4.69, 9.17) is 14.2 Å². The van der Waals surface area contributed by atoms with Gasteiger partial charge in [0.2, 0.25) is 0 Å². The Bertz CT molecular complexity index is 1250. The number of rotatable bonds is 47. The molecule has 0 aliphatic rings. The summed E-state index contributed by atoms with van der Waals surface area (Å²) in [5.41, 5.74) is 0. The second kappa shape index (κ2) is 52.2. The minimum Gasteiger partial charge on any atom is -0.462 e. The molecule has 0 fully saturated rings. The van der Waals surface area contributed by atoms with Crippen LogP contribution in [0.2, 0.25) is 0 Å². The molecular weight excluding hydrogens is 793 g/mol. The molecule has 0 aromatic rings. The minimum absolute atomic E-state index is 0.102. The lowest BCUT2D eigenvalue weighted by atomic mass is 10.0. The van der Waals surface area contributed by atoms with Crippen molar-refractivity contribution in [3.63, 3.8) is 0 Å². The number of hydrogen-bond donors (Lipinski definition) is 0. The van der Waals surface area contributed by atoms with Gasteiger partial charge in [-0.2, -0.15) is 0 Å². The monoisotopic (exact) mass is 891 g/mol. The Balaban J connectivity index is 4.46. The molecule has 6 nitrogen and oxygen atoms in total. The van der Waals surface area contributed by atoms with E-state index < -0.39 is 6.10 Å². The first-order chi connectivity index (χ1) is 31.5. The van der Waals surface area contributed by atoms with Crippen molar-refractivity contribution in [3.8, 4) is 0 Å². The Morgan fingerprint density at radius 2 is 0.688 bits per heavy atom. The number of esters is 3. The quantitative estimate of drug-likeness (QED) is 0.0199. The summed E-state index contributed by atoms with van der Waals surface area (Å²) in [7, 11) is 0. The molecule has 0 amide bonds. The lowest BCUT2D eigenvalue weighted by molar-refractivity contribution is -0.167. The number of carbonyl (C=O) groups excluding carboxylic acids is 3. The molecule has 0 spiro atoms. The van der Waals surface area contributed by atoms with Crippen LogP contribution in [-0.4, -0.2) is 37.2 Å². The van der Waals surface area contributed by atoms with E-state index in [1.807, 2.05) is 54.7 Å². The molecule has 0 bridgehead atoms. The van der Waals surface area contributed by atoms with E-state index in [2.05, 4.69) is 51.2 Å². The van der Waals surface area contributed by atoms with Gasteiger partial charge in [-0.25, -0.2) is 0 Å². The van der Waals surface area contributed by atoms with Crippen LogP contribution in [0.3, 0.4) is 0 Å². The lowest BCUT2D eigenvalue weighted by Crippen LogP contribution is -2.30. The molecule has 0 aromatic heterocycles. The van der Waals surface area contributed by atoms with Gasteiger partial charge in [-0.3, -0.25) is 14.4 Å². The molecular formula is C58H98O6. The fourth-order valence-electron chi connectivity index (χ4n) is 7.27. The van der Waals surface area contributed by atoms with Crippen LogP contribution < -0.4 is 0 Å². The predicted molar refractivity (Wildman–Crippen MR) is 274 cm³/mol. The third-order valence-corrected chi connectivity index (χ3v) is 11.3. The third-order valence-electron chi connectivity index (χ3n) is 11.3. The van der Waals surface area contributed by atoms with E-state index in [1.54, 1.807) is 0 Å². The molecule has 0 aliphatic carbocycles. The Hall–Kier alpha value is -3.41. The number of ether oxygens (including phenoxy) is 3. The first-order valence-corrected chi connectivity index (χ1v) is 26.7. The van der Waals surface area contributed by atoms with Crippen LogP contribution in [0.5, 0.6) is 0 Å². The van der Waals surface area contributed by atoms with Crippen LogP contribution in [0.15, 0.2) is 85.1 Å². The van der Waals surface area contributed by atoms with Crippen LogP contribution in [0, 0.1) is 0 Å². The maximum Gasteiger partial charge on any atom is 0.306 e. The summed E-state index contributed by atoms with van der Waals surface area (Å²) in [5.74, 6) is -0.982. The highest BCUT2D eigenvalue weighted by molar-refractivity contribution is 5.71. The van der Waals surface area contributed by atoms with E-state index in [-0.39, 0.29) is 37.5 Å². The Labute approximate surface area is 395 Å². The molecule has 6 heteroatoms. The van der Waals surface area contributed by atoms with Gasteiger partial charge in [0.15, 0.2) is 6.10 Å². The standard InChI is InChI=1S/C58H98O6/c1-4-7-10-13-16-19-22-25-27-29-31-33-36-39-42-45-48-51-57(60)63-54-55(53-62-56(59)50-47-44-41-38-35-32-24-21-18-15-12-9-6-3)64-58(61)52-49-46-43-40-37-34-30-28-26-23-20-17-14-11-8-5-2/h9,12,15-16,18-19,21,24-25,27,32,35,38,41,55H,4-8,10-11,13-14,17,20,22-23,26,28-31,33-34,36-37,39-40,42-54H2,1-3H3/b12-9+,18-15+,19-16+,24-21+,27-25+,35-32+,41-38+. The van der Waals surface area contributed by atoms with Crippen molar-refractivity contribution in [1.29, 1.82) is 0 Å². The first-order valence-electron chi connectivity index (χ1n) is 26.7. The Kier molecular flexibility index (Phi) is 49.4. The second-order valence-electron chi connectivity index (χ2n) is 17.5. The number of hydrogen-bond acceptors (Lipinski definition) is 6. The zero-order valence-corrected chi connectivity index (χ0v) is 41.8. The smallest absolute Gasteiger partial charge is 0.306 e. The molecule has 366 valence electrons. The molecule has 0 rings (SSSR count). The topological polar surface area (TPSA) is 78.9 Å². The summed E-state index contributed by atoms with van der Waals surface area (Å²) >= 11 is 0. The van der Waals surface area contributed by atoms with E-state index in [1.165, 1.54) is 135 Å². The summed E-state index contributed by atoms with van der Waals surface area (Å²) in [6.45, 7) is 6.41. The SMILES string of the molecule is CC/C=C/C=C/C=C/C=C/C=C/CCCC(=O)OCC(COC(=O)CCCCCCCCC/C=C/C/C=C/CCCCC)OC(=O)CCCCCCCCCCCCCCCCCC. The van der Waals surface area contributed by atoms with Crippen molar-refractivity contribution >= 4 is 17.9 Å². The number of unbranched alkanes of at least 4 members (excludes halogenated alkanes) is 26. The van der Waals surface area contributed by atoms with E-state index in [0.29, 0.717) is 19.3 Å². The summed E-state index contributed by atoms with van der Waals surface area (Å²) in [5, 5.41) is 0. The highest BCUT2D eigenvalue weighted by Crippen LogP contribution is 2.15. The summed E-state index contributed by atoms with van der Waals surface area (Å²) in [4.78, 5) is 38.0. The van der Waals surface area contributed by atoms with Gasteiger partial charge >= 0.3 is 17.9 Å².